The van der Waals surface area contributed by atoms with Crippen LogP contribution in [0.25, 0.3) is 0 Å². The highest BCUT2D eigenvalue weighted by atomic mass is 35.5. The van der Waals surface area contributed by atoms with Crippen LogP contribution in [0.2, 0.25) is 5.02 Å². The average molecular weight is 461 g/mol. The summed E-state index contributed by atoms with van der Waals surface area (Å²) in [5.74, 6) is -0.627. The Hall–Kier alpha value is -2.98. The summed E-state index contributed by atoms with van der Waals surface area (Å²) in [6.07, 6.45) is 3.26. The molecular formula is C20H18ClFN6O2S. The van der Waals surface area contributed by atoms with Gasteiger partial charge in [0.1, 0.15) is 11.4 Å². The normalized spacial score (nSPS) is 15.7. The fraction of sp³-hybridized carbons (Fsp3) is 0.250. The molecular weight excluding hydrogens is 443 g/mol. The smallest absolute Gasteiger partial charge is 0.305 e. The third-order valence-corrected chi connectivity index (χ3v) is 6.21. The molecule has 0 unspecified atom stereocenters. The molecule has 4 rings (SSSR count). The second kappa shape index (κ2) is 8.27. The Morgan fingerprint density at radius 3 is 2.65 bits per heavy atom. The number of rotatable bonds is 6. The van der Waals surface area contributed by atoms with Crippen LogP contribution in [0.15, 0.2) is 47.9 Å². The van der Waals surface area contributed by atoms with Crippen molar-refractivity contribution < 1.29 is 14.0 Å². The van der Waals surface area contributed by atoms with Gasteiger partial charge < -0.3 is 4.90 Å². The van der Waals surface area contributed by atoms with Crippen LogP contribution in [0.5, 0.6) is 0 Å². The molecule has 0 bridgehead atoms. The largest absolute Gasteiger partial charge is 0.335 e. The van der Waals surface area contributed by atoms with E-state index in [0.29, 0.717) is 10.6 Å². The van der Waals surface area contributed by atoms with Gasteiger partial charge in [-0.3, -0.25) is 9.78 Å². The number of nitrogens with one attached hydrogen (secondary N) is 1. The molecule has 1 N–H and O–H groups in total. The van der Waals surface area contributed by atoms with E-state index in [1.807, 2.05) is 0 Å². The molecule has 0 radical (unpaired) electrons. The number of benzene rings is 1. The van der Waals surface area contributed by atoms with Crippen molar-refractivity contribution in [2.75, 3.05) is 4.90 Å². The number of nitrogens with zero attached hydrogens (tertiary/aromatic N) is 5. The van der Waals surface area contributed by atoms with E-state index in [-0.39, 0.29) is 23.4 Å². The number of carbonyl (C=O) groups excluding carboxylic acids is 2. The van der Waals surface area contributed by atoms with Gasteiger partial charge in [-0.25, -0.2) is 14.3 Å². The minimum atomic E-state index is -1.07. The molecule has 1 aliphatic heterocycles. The summed E-state index contributed by atoms with van der Waals surface area (Å²) in [6, 6.07) is 7.52. The Labute approximate surface area is 186 Å². The predicted molar refractivity (Wildman–Crippen MR) is 114 cm³/mol. The number of amides is 3. The van der Waals surface area contributed by atoms with Gasteiger partial charge >= 0.3 is 6.03 Å². The lowest BCUT2D eigenvalue weighted by Crippen LogP contribution is -2.43. The van der Waals surface area contributed by atoms with Gasteiger partial charge in [-0.1, -0.05) is 29.4 Å². The van der Waals surface area contributed by atoms with Gasteiger partial charge in [0.2, 0.25) is 11.1 Å². The fourth-order valence-corrected chi connectivity index (χ4v) is 4.31. The molecule has 0 aliphatic carbocycles. The first kappa shape index (κ1) is 21.3. The number of thioether (sulfide) groups is 1. The number of hydrogen-bond acceptors (Lipinski definition) is 6. The minimum absolute atomic E-state index is 0.0161. The number of carbonyl (C=O) groups is 2. The Kier molecular flexibility index (Phi) is 5.67. The molecule has 3 aromatic rings. The summed E-state index contributed by atoms with van der Waals surface area (Å²) in [5, 5.41) is 7.26. The molecule has 2 aromatic heterocycles. The molecule has 160 valence electrons. The van der Waals surface area contributed by atoms with Crippen LogP contribution in [-0.2, 0) is 17.1 Å². The van der Waals surface area contributed by atoms with Crippen LogP contribution >= 0.6 is 23.4 Å². The first-order valence-electron chi connectivity index (χ1n) is 9.32. The molecule has 0 spiro atoms. The maximum Gasteiger partial charge on any atom is 0.335 e. The van der Waals surface area contributed by atoms with E-state index in [1.165, 1.54) is 17.0 Å². The van der Waals surface area contributed by atoms with Gasteiger partial charge in [0, 0.05) is 35.3 Å². The number of pyridine rings is 1. The van der Waals surface area contributed by atoms with Crippen LogP contribution in [-0.4, -0.2) is 42.5 Å². The average Bonchev–Trinajstić information content (AvgIpc) is 3.26. The number of aromatic nitrogens is 4. The molecule has 8 nitrogen and oxygen atoms in total. The number of halogens is 2. The third-order valence-electron chi connectivity index (χ3n) is 4.99. The summed E-state index contributed by atoms with van der Waals surface area (Å²) in [7, 11) is 0. The van der Waals surface area contributed by atoms with Gasteiger partial charge in [0.15, 0.2) is 0 Å². The van der Waals surface area contributed by atoms with Crippen LogP contribution in [0, 0.1) is 5.82 Å². The van der Waals surface area contributed by atoms with E-state index in [9.17, 15) is 14.0 Å². The maximum absolute atomic E-state index is 14.0. The van der Waals surface area contributed by atoms with E-state index in [2.05, 4.69) is 20.2 Å². The zero-order valence-electron chi connectivity index (χ0n) is 16.7. The highest BCUT2D eigenvalue weighted by molar-refractivity contribution is 7.98. The number of hydrogen-bond donors (Lipinski definition) is 1. The highest BCUT2D eigenvalue weighted by Crippen LogP contribution is 2.33. The van der Waals surface area contributed by atoms with Crippen LogP contribution in [0.4, 0.5) is 15.1 Å². The molecule has 0 saturated carbocycles. The van der Waals surface area contributed by atoms with Gasteiger partial charge in [-0.2, -0.15) is 9.88 Å². The quantitative estimate of drug-likeness (QED) is 0.440. The predicted octanol–water partition coefficient (Wildman–Crippen LogP) is 4.03. The van der Waals surface area contributed by atoms with Gasteiger partial charge in [-0.15, -0.1) is 5.10 Å². The lowest BCUT2D eigenvalue weighted by molar-refractivity contribution is -0.123. The molecule has 31 heavy (non-hydrogen) atoms. The first-order chi connectivity index (χ1) is 14.8. The SMILES string of the molecule is CC1(C)C(=O)N(c2nc(SCc3c(F)cccc3Cl)n[nH]2)C(=O)N1Cc1ccncc1. The van der Waals surface area contributed by atoms with Crippen molar-refractivity contribution in [3.63, 3.8) is 0 Å². The van der Waals surface area contributed by atoms with Crippen molar-refractivity contribution in [3.05, 3.63) is 64.7 Å². The van der Waals surface area contributed by atoms with E-state index in [0.717, 1.165) is 22.2 Å². The number of imide groups is 1. The topological polar surface area (TPSA) is 95.1 Å². The summed E-state index contributed by atoms with van der Waals surface area (Å²) in [6.45, 7) is 3.61. The van der Waals surface area contributed by atoms with Gasteiger partial charge in [-0.05, 0) is 43.7 Å². The van der Waals surface area contributed by atoms with Gasteiger partial charge in [0.25, 0.3) is 5.91 Å². The Balaban J connectivity index is 1.52. The van der Waals surface area contributed by atoms with Crippen LogP contribution in [0.3, 0.4) is 0 Å². The van der Waals surface area contributed by atoms with Crippen molar-refractivity contribution in [1.29, 1.82) is 0 Å². The maximum atomic E-state index is 14.0. The van der Waals surface area contributed by atoms with Crippen LogP contribution < -0.4 is 4.90 Å². The Morgan fingerprint density at radius 2 is 1.94 bits per heavy atom. The van der Waals surface area contributed by atoms with E-state index in [4.69, 9.17) is 11.6 Å². The van der Waals surface area contributed by atoms with Crippen molar-refractivity contribution in [2.45, 2.75) is 36.8 Å². The zero-order valence-corrected chi connectivity index (χ0v) is 18.2. The third kappa shape index (κ3) is 4.00. The monoisotopic (exact) mass is 460 g/mol. The van der Waals surface area contributed by atoms with E-state index < -0.39 is 23.3 Å². The fourth-order valence-electron chi connectivity index (χ4n) is 3.17. The van der Waals surface area contributed by atoms with Crippen molar-refractivity contribution in [3.8, 4) is 0 Å². The van der Waals surface area contributed by atoms with Gasteiger partial charge in [0.05, 0.1) is 0 Å². The second-order valence-corrected chi connectivity index (χ2v) is 8.70. The zero-order chi connectivity index (χ0) is 22.2. The molecule has 1 aliphatic rings. The lowest BCUT2D eigenvalue weighted by atomic mass is 10.0. The molecule has 11 heteroatoms. The number of urea groups is 1. The molecule has 3 heterocycles. The van der Waals surface area contributed by atoms with Crippen LogP contribution in [0.1, 0.15) is 25.0 Å². The van der Waals surface area contributed by atoms with Crippen molar-refractivity contribution in [2.24, 2.45) is 0 Å². The van der Waals surface area contributed by atoms with E-state index >= 15 is 0 Å². The Morgan fingerprint density at radius 1 is 1.19 bits per heavy atom. The van der Waals surface area contributed by atoms with Crippen molar-refractivity contribution in [1.82, 2.24) is 25.1 Å². The summed E-state index contributed by atoms with van der Waals surface area (Å²) >= 11 is 7.19. The van der Waals surface area contributed by atoms with E-state index in [1.54, 1.807) is 44.4 Å². The molecule has 3 amide bonds. The lowest BCUT2D eigenvalue weighted by Gasteiger charge is -2.27. The number of anilines is 1. The Bertz CT molecular complexity index is 1120. The molecule has 1 aromatic carbocycles. The minimum Gasteiger partial charge on any atom is -0.305 e. The number of H-pyrrole nitrogens is 1. The molecule has 1 fully saturated rings. The molecule has 0 atom stereocenters. The highest BCUT2D eigenvalue weighted by Gasteiger charge is 2.52. The summed E-state index contributed by atoms with van der Waals surface area (Å²) < 4.78 is 14.0. The first-order valence-corrected chi connectivity index (χ1v) is 10.7. The second-order valence-electron chi connectivity index (χ2n) is 7.35. The van der Waals surface area contributed by atoms with Crippen molar-refractivity contribution >= 4 is 41.2 Å². The summed E-state index contributed by atoms with van der Waals surface area (Å²) in [4.78, 5) is 36.7. The standard InChI is InChI=1S/C20H18ClFN6O2S/c1-20(2)16(29)28(19(30)27(20)10-12-6-8-23-9-7-12)17-24-18(26-25-17)31-11-13-14(21)4-3-5-15(13)22/h3-9H,10-11H2,1-2H3,(H,24,25,26). The summed E-state index contributed by atoms with van der Waals surface area (Å²) in [5.41, 5.74) is 0.112. The number of aromatic amines is 1. The molecule has 1 saturated heterocycles.